The molecule has 0 atom stereocenters. The maximum Gasteiger partial charge on any atom is 0.257 e. The summed E-state index contributed by atoms with van der Waals surface area (Å²) < 4.78 is 0. The number of carbonyl (C=O) groups is 2. The number of amides is 2. The quantitative estimate of drug-likeness (QED) is 0.634. The van der Waals surface area contributed by atoms with Crippen molar-refractivity contribution in [1.82, 2.24) is 4.98 Å². The summed E-state index contributed by atoms with van der Waals surface area (Å²) in [6.45, 7) is 2.10. The molecule has 3 rings (SSSR count). The summed E-state index contributed by atoms with van der Waals surface area (Å²) in [6, 6.07) is 16.8. The average molecular weight is 379 g/mol. The molecule has 1 aromatic heterocycles. The maximum atomic E-state index is 12.1. The fourth-order valence-corrected chi connectivity index (χ4v) is 3.27. The SMILES string of the molecule is CCc1ccc(NC(=O)CCc2csc(NC(=O)c3ccccc3)n2)cc1. The molecule has 0 unspecified atom stereocenters. The summed E-state index contributed by atoms with van der Waals surface area (Å²) in [6.07, 6.45) is 1.84. The van der Waals surface area contributed by atoms with Gasteiger partial charge in [0, 0.05) is 23.1 Å². The number of aromatic nitrogens is 1. The van der Waals surface area contributed by atoms with E-state index >= 15 is 0 Å². The monoisotopic (exact) mass is 379 g/mol. The maximum absolute atomic E-state index is 12.1. The first kappa shape index (κ1) is 18.8. The van der Waals surface area contributed by atoms with Crippen LogP contribution in [0.1, 0.15) is 35.0 Å². The standard InChI is InChI=1S/C21H21N3O2S/c1-2-15-8-10-17(11-9-15)22-19(25)13-12-18-14-27-21(23-18)24-20(26)16-6-4-3-5-7-16/h3-11,14H,2,12-13H2,1H3,(H,22,25)(H,23,24,26). The summed E-state index contributed by atoms with van der Waals surface area (Å²) >= 11 is 1.36. The van der Waals surface area contributed by atoms with E-state index in [9.17, 15) is 9.59 Å². The third kappa shape index (κ3) is 5.49. The third-order valence-electron chi connectivity index (χ3n) is 4.06. The molecule has 0 bridgehead atoms. The highest BCUT2D eigenvalue weighted by Crippen LogP contribution is 2.18. The Morgan fingerprint density at radius 3 is 2.44 bits per heavy atom. The van der Waals surface area contributed by atoms with Crippen molar-refractivity contribution in [3.63, 3.8) is 0 Å². The summed E-state index contributed by atoms with van der Waals surface area (Å²) in [5.74, 6) is -0.244. The molecule has 6 heteroatoms. The van der Waals surface area contributed by atoms with Gasteiger partial charge in [-0.3, -0.25) is 14.9 Å². The minimum atomic E-state index is -0.190. The number of thiazole rings is 1. The molecular formula is C21H21N3O2S. The molecule has 5 nitrogen and oxygen atoms in total. The van der Waals surface area contributed by atoms with E-state index in [2.05, 4.69) is 22.5 Å². The van der Waals surface area contributed by atoms with Crippen molar-refractivity contribution in [3.05, 3.63) is 76.8 Å². The normalized spacial score (nSPS) is 10.4. The molecule has 1 heterocycles. The smallest absolute Gasteiger partial charge is 0.257 e. The van der Waals surface area contributed by atoms with Crippen LogP contribution in [-0.2, 0) is 17.6 Å². The van der Waals surface area contributed by atoms with Gasteiger partial charge < -0.3 is 5.32 Å². The Labute approximate surface area is 162 Å². The van der Waals surface area contributed by atoms with Gasteiger partial charge in [0.15, 0.2) is 5.13 Å². The molecule has 0 aliphatic carbocycles. The Bertz CT molecular complexity index is 905. The van der Waals surface area contributed by atoms with Gasteiger partial charge in [-0.1, -0.05) is 37.3 Å². The zero-order chi connectivity index (χ0) is 19.1. The van der Waals surface area contributed by atoms with E-state index < -0.39 is 0 Å². The van der Waals surface area contributed by atoms with Crippen LogP contribution in [-0.4, -0.2) is 16.8 Å². The second-order valence-electron chi connectivity index (χ2n) is 6.06. The fourth-order valence-electron chi connectivity index (χ4n) is 2.53. The first-order valence-electron chi connectivity index (χ1n) is 8.83. The molecule has 0 saturated carbocycles. The number of hydrogen-bond acceptors (Lipinski definition) is 4. The Morgan fingerprint density at radius 2 is 1.74 bits per heavy atom. The van der Waals surface area contributed by atoms with Crippen molar-refractivity contribution in [3.8, 4) is 0 Å². The lowest BCUT2D eigenvalue weighted by Crippen LogP contribution is -2.13. The first-order chi connectivity index (χ1) is 13.1. The largest absolute Gasteiger partial charge is 0.326 e. The van der Waals surface area contributed by atoms with E-state index in [4.69, 9.17) is 0 Å². The molecule has 2 amide bonds. The Balaban J connectivity index is 1.48. The number of carbonyl (C=O) groups excluding carboxylic acids is 2. The molecule has 2 aromatic carbocycles. The predicted octanol–water partition coefficient (Wildman–Crippen LogP) is 4.53. The molecule has 27 heavy (non-hydrogen) atoms. The van der Waals surface area contributed by atoms with Crippen molar-refractivity contribution >= 4 is 34.0 Å². The molecule has 2 N–H and O–H groups in total. The van der Waals surface area contributed by atoms with Crippen LogP contribution in [0.25, 0.3) is 0 Å². The number of anilines is 2. The van der Waals surface area contributed by atoms with Crippen LogP contribution in [0.5, 0.6) is 0 Å². The van der Waals surface area contributed by atoms with Gasteiger partial charge >= 0.3 is 0 Å². The minimum Gasteiger partial charge on any atom is -0.326 e. The molecule has 0 fully saturated rings. The number of nitrogens with one attached hydrogen (secondary N) is 2. The van der Waals surface area contributed by atoms with E-state index in [1.54, 1.807) is 12.1 Å². The Kier molecular flexibility index (Phi) is 6.33. The second kappa shape index (κ2) is 9.09. The highest BCUT2D eigenvalue weighted by molar-refractivity contribution is 7.14. The lowest BCUT2D eigenvalue weighted by molar-refractivity contribution is -0.116. The molecule has 0 saturated heterocycles. The minimum absolute atomic E-state index is 0.0536. The van der Waals surface area contributed by atoms with Crippen molar-refractivity contribution in [2.75, 3.05) is 10.6 Å². The van der Waals surface area contributed by atoms with Crippen molar-refractivity contribution in [1.29, 1.82) is 0 Å². The fraction of sp³-hybridized carbons (Fsp3) is 0.190. The van der Waals surface area contributed by atoms with E-state index in [1.165, 1.54) is 16.9 Å². The topological polar surface area (TPSA) is 71.1 Å². The van der Waals surface area contributed by atoms with Crippen LogP contribution in [0.2, 0.25) is 0 Å². The van der Waals surface area contributed by atoms with Gasteiger partial charge in [-0.15, -0.1) is 11.3 Å². The van der Waals surface area contributed by atoms with Gasteiger partial charge in [0.2, 0.25) is 5.91 Å². The van der Waals surface area contributed by atoms with Crippen LogP contribution < -0.4 is 10.6 Å². The first-order valence-corrected chi connectivity index (χ1v) is 9.71. The number of benzene rings is 2. The summed E-state index contributed by atoms with van der Waals surface area (Å²) in [7, 11) is 0. The van der Waals surface area contributed by atoms with Gasteiger partial charge in [0.1, 0.15) is 0 Å². The van der Waals surface area contributed by atoms with Crippen LogP contribution in [0, 0.1) is 0 Å². The van der Waals surface area contributed by atoms with Crippen molar-refractivity contribution in [2.45, 2.75) is 26.2 Å². The van der Waals surface area contributed by atoms with Crippen molar-refractivity contribution in [2.24, 2.45) is 0 Å². The zero-order valence-electron chi connectivity index (χ0n) is 15.1. The number of rotatable bonds is 7. The third-order valence-corrected chi connectivity index (χ3v) is 4.87. The number of hydrogen-bond donors (Lipinski definition) is 2. The number of nitrogens with zero attached hydrogens (tertiary/aromatic N) is 1. The zero-order valence-corrected chi connectivity index (χ0v) is 15.9. The van der Waals surface area contributed by atoms with Gasteiger partial charge in [0.25, 0.3) is 5.91 Å². The van der Waals surface area contributed by atoms with E-state index in [0.717, 1.165) is 17.8 Å². The molecule has 0 aliphatic heterocycles. The lowest BCUT2D eigenvalue weighted by Gasteiger charge is -2.05. The highest BCUT2D eigenvalue weighted by atomic mass is 32.1. The number of aryl methyl sites for hydroxylation is 2. The van der Waals surface area contributed by atoms with Crippen LogP contribution in [0.15, 0.2) is 60.0 Å². The summed E-state index contributed by atoms with van der Waals surface area (Å²) in [5, 5.41) is 8.08. The average Bonchev–Trinajstić information content (AvgIpc) is 3.15. The van der Waals surface area contributed by atoms with Gasteiger partial charge in [-0.25, -0.2) is 4.98 Å². The molecule has 3 aromatic rings. The van der Waals surface area contributed by atoms with Gasteiger partial charge in [-0.2, -0.15) is 0 Å². The molecule has 0 spiro atoms. The summed E-state index contributed by atoms with van der Waals surface area (Å²) in [4.78, 5) is 28.6. The highest BCUT2D eigenvalue weighted by Gasteiger charge is 2.10. The van der Waals surface area contributed by atoms with Crippen molar-refractivity contribution < 1.29 is 9.59 Å². The molecule has 138 valence electrons. The van der Waals surface area contributed by atoms with Crippen LogP contribution >= 0.6 is 11.3 Å². The Morgan fingerprint density at radius 1 is 1.00 bits per heavy atom. The van der Waals surface area contributed by atoms with E-state index in [1.807, 2.05) is 47.8 Å². The summed E-state index contributed by atoms with van der Waals surface area (Å²) in [5.41, 5.74) is 3.41. The van der Waals surface area contributed by atoms with Crippen LogP contribution in [0.3, 0.4) is 0 Å². The van der Waals surface area contributed by atoms with E-state index in [-0.39, 0.29) is 11.8 Å². The molecule has 0 aliphatic rings. The van der Waals surface area contributed by atoms with Gasteiger partial charge in [0.05, 0.1) is 5.69 Å². The molecule has 0 radical (unpaired) electrons. The second-order valence-corrected chi connectivity index (χ2v) is 6.92. The van der Waals surface area contributed by atoms with E-state index in [0.29, 0.717) is 23.5 Å². The molecular weight excluding hydrogens is 358 g/mol. The predicted molar refractivity (Wildman–Crippen MR) is 109 cm³/mol. The van der Waals surface area contributed by atoms with Gasteiger partial charge in [-0.05, 0) is 42.7 Å². The van der Waals surface area contributed by atoms with Crippen LogP contribution in [0.4, 0.5) is 10.8 Å². The lowest BCUT2D eigenvalue weighted by atomic mass is 10.1. The Hall–Kier alpha value is -2.99.